The molecule has 4 aromatic carbocycles. The van der Waals surface area contributed by atoms with Crippen molar-refractivity contribution in [1.29, 1.82) is 0 Å². The minimum atomic E-state index is -3.71. The Morgan fingerprint density at radius 3 is 0.618 bits per heavy atom. The first kappa shape index (κ1) is 25.1. The van der Waals surface area contributed by atoms with Gasteiger partial charge in [0, 0.05) is 0 Å². The van der Waals surface area contributed by atoms with Gasteiger partial charge in [-0.15, -0.1) is 0 Å². The van der Waals surface area contributed by atoms with Crippen LogP contribution in [-0.4, -0.2) is 16.8 Å². The van der Waals surface area contributed by atoms with Gasteiger partial charge in [-0.05, 0) is 97.1 Å². The molecule has 0 bridgehead atoms. The summed E-state index contributed by atoms with van der Waals surface area (Å²) in [5.74, 6) is -2.04. The van der Waals surface area contributed by atoms with E-state index in [1.807, 2.05) is 0 Å². The smallest absolute Gasteiger partial charge is 0.206 e. The first-order valence-electron chi connectivity index (χ1n) is 9.52. The molecule has 0 aliphatic carbocycles. The van der Waals surface area contributed by atoms with Gasteiger partial charge in [-0.2, -0.15) is 0 Å². The van der Waals surface area contributed by atoms with Gasteiger partial charge >= 0.3 is 0 Å². The van der Waals surface area contributed by atoms with Crippen LogP contribution in [0.5, 0.6) is 0 Å². The van der Waals surface area contributed by atoms with Gasteiger partial charge in [0.25, 0.3) is 0 Å². The maximum absolute atomic E-state index is 12.7. The van der Waals surface area contributed by atoms with Crippen LogP contribution in [0, 0.1) is 23.3 Å². The highest BCUT2D eigenvalue weighted by Gasteiger charge is 2.18. The summed E-state index contributed by atoms with van der Waals surface area (Å²) in [7, 11) is -7.41. The highest BCUT2D eigenvalue weighted by molar-refractivity contribution is 7.91. The van der Waals surface area contributed by atoms with E-state index >= 15 is 0 Å². The summed E-state index contributed by atoms with van der Waals surface area (Å²) in [6, 6.07) is 17.9. The van der Waals surface area contributed by atoms with Gasteiger partial charge in [0.1, 0.15) is 23.3 Å². The molecule has 0 aromatic heterocycles. The fraction of sp³-hybridized carbons (Fsp3) is 0. The first-order valence-corrected chi connectivity index (χ1v) is 12.5. The summed E-state index contributed by atoms with van der Waals surface area (Å²) in [4.78, 5) is -0.0907. The minimum absolute atomic E-state index is 0.0227. The number of halogens is 4. The SMILES string of the molecule is O=S(=O)(c1ccc(F)cc1)c1ccc(F)cc1.O=S(=O)(c1ccc(F)cc1)c1ccc(F)cc1. The first-order chi connectivity index (χ1) is 16.0. The van der Waals surface area contributed by atoms with E-state index in [1.54, 1.807) is 0 Å². The largest absolute Gasteiger partial charge is 0.219 e. The second kappa shape index (κ2) is 10.2. The Morgan fingerprint density at radius 2 is 0.471 bits per heavy atom. The van der Waals surface area contributed by atoms with Crippen molar-refractivity contribution in [3.05, 3.63) is 120 Å². The Bertz CT molecular complexity index is 1250. The summed E-state index contributed by atoms with van der Waals surface area (Å²) < 4.78 is 98.8. The van der Waals surface area contributed by atoms with Crippen LogP contribution in [0.4, 0.5) is 17.6 Å². The lowest BCUT2D eigenvalue weighted by atomic mass is 10.3. The molecule has 0 amide bonds. The van der Waals surface area contributed by atoms with Crippen LogP contribution in [0.25, 0.3) is 0 Å². The molecule has 0 aliphatic heterocycles. The standard InChI is InChI=1S/2C12H8F2O2S/c2*13-9-1-5-11(6-2-9)17(15,16)12-7-3-10(14)4-8-12/h2*1-8H. The molecule has 0 aliphatic rings. The van der Waals surface area contributed by atoms with Crippen LogP contribution in [0.2, 0.25) is 0 Å². The second-order valence-corrected chi connectivity index (χ2v) is 10.7. The van der Waals surface area contributed by atoms with Crippen LogP contribution in [-0.2, 0) is 19.7 Å². The van der Waals surface area contributed by atoms with Crippen LogP contribution in [0.1, 0.15) is 0 Å². The average Bonchev–Trinajstić information content (AvgIpc) is 2.81. The number of hydrogen-bond acceptors (Lipinski definition) is 4. The highest BCUT2D eigenvalue weighted by Crippen LogP contribution is 2.22. The lowest BCUT2D eigenvalue weighted by Gasteiger charge is -2.04. The number of benzene rings is 4. The third kappa shape index (κ3) is 5.89. The van der Waals surface area contributed by atoms with Crippen LogP contribution < -0.4 is 0 Å². The average molecular weight is 509 g/mol. The van der Waals surface area contributed by atoms with Crippen molar-refractivity contribution in [3.63, 3.8) is 0 Å². The fourth-order valence-electron chi connectivity index (χ4n) is 2.73. The molecule has 4 aromatic rings. The van der Waals surface area contributed by atoms with Crippen molar-refractivity contribution in [2.75, 3.05) is 0 Å². The van der Waals surface area contributed by atoms with Crippen LogP contribution in [0.3, 0.4) is 0 Å². The van der Waals surface area contributed by atoms with E-state index in [4.69, 9.17) is 0 Å². The quantitative estimate of drug-likeness (QED) is 0.266. The normalized spacial score (nSPS) is 11.4. The highest BCUT2D eigenvalue weighted by atomic mass is 32.2. The van der Waals surface area contributed by atoms with Gasteiger partial charge in [0.15, 0.2) is 0 Å². The van der Waals surface area contributed by atoms with E-state index in [0.717, 1.165) is 48.5 Å². The van der Waals surface area contributed by atoms with Gasteiger partial charge in [0.05, 0.1) is 19.6 Å². The zero-order chi connectivity index (χ0) is 24.9. The number of rotatable bonds is 4. The van der Waals surface area contributed by atoms with Gasteiger partial charge < -0.3 is 0 Å². The molecule has 0 saturated carbocycles. The molecule has 0 saturated heterocycles. The summed E-state index contributed by atoms with van der Waals surface area (Å²) in [5.41, 5.74) is 0. The molecule has 0 radical (unpaired) electrons. The van der Waals surface area contributed by atoms with E-state index in [-0.39, 0.29) is 19.6 Å². The molecule has 34 heavy (non-hydrogen) atoms. The molecule has 0 unspecified atom stereocenters. The molecule has 0 fully saturated rings. The third-order valence-electron chi connectivity index (χ3n) is 4.50. The van der Waals surface area contributed by atoms with Crippen molar-refractivity contribution in [2.24, 2.45) is 0 Å². The Balaban J connectivity index is 0.000000191. The maximum atomic E-state index is 12.7. The van der Waals surface area contributed by atoms with Gasteiger partial charge in [-0.25, -0.2) is 34.4 Å². The zero-order valence-corrected chi connectivity index (χ0v) is 18.8. The van der Waals surface area contributed by atoms with E-state index in [9.17, 15) is 34.4 Å². The lowest BCUT2D eigenvalue weighted by molar-refractivity contribution is 0.591. The fourth-order valence-corrected chi connectivity index (χ4v) is 5.25. The predicted octanol–water partition coefficient (Wildman–Crippen LogP) is 5.60. The molecule has 0 N–H and O–H groups in total. The summed E-state index contributed by atoms with van der Waals surface area (Å²) in [5, 5.41) is 0. The second-order valence-electron chi connectivity index (χ2n) is 6.82. The maximum Gasteiger partial charge on any atom is 0.206 e. The number of sulfone groups is 2. The topological polar surface area (TPSA) is 68.3 Å². The van der Waals surface area contributed by atoms with E-state index in [2.05, 4.69) is 0 Å². The van der Waals surface area contributed by atoms with Crippen LogP contribution in [0.15, 0.2) is 117 Å². The Hall–Kier alpha value is -3.50. The number of hydrogen-bond donors (Lipinski definition) is 0. The van der Waals surface area contributed by atoms with Gasteiger partial charge in [-0.1, -0.05) is 0 Å². The Kier molecular flexibility index (Phi) is 7.53. The Labute approximate surface area is 194 Å². The zero-order valence-electron chi connectivity index (χ0n) is 17.2. The molecule has 4 rings (SSSR count). The predicted molar refractivity (Wildman–Crippen MR) is 117 cm³/mol. The molecule has 4 nitrogen and oxygen atoms in total. The molecular weight excluding hydrogens is 492 g/mol. The van der Waals surface area contributed by atoms with Crippen molar-refractivity contribution >= 4 is 19.7 Å². The summed E-state index contributed by atoms with van der Waals surface area (Å²) >= 11 is 0. The Morgan fingerprint density at radius 1 is 0.324 bits per heavy atom. The molecular formula is C24H16F4O4S2. The lowest BCUT2D eigenvalue weighted by Crippen LogP contribution is -2.01. The van der Waals surface area contributed by atoms with E-state index in [1.165, 1.54) is 48.5 Å². The van der Waals surface area contributed by atoms with E-state index in [0.29, 0.717) is 0 Å². The van der Waals surface area contributed by atoms with Gasteiger partial charge in [-0.3, -0.25) is 0 Å². The molecule has 0 atom stereocenters. The van der Waals surface area contributed by atoms with Crippen molar-refractivity contribution in [2.45, 2.75) is 19.6 Å². The van der Waals surface area contributed by atoms with Crippen molar-refractivity contribution in [1.82, 2.24) is 0 Å². The van der Waals surface area contributed by atoms with Crippen LogP contribution >= 0.6 is 0 Å². The van der Waals surface area contributed by atoms with Crippen molar-refractivity contribution < 1.29 is 34.4 Å². The third-order valence-corrected chi connectivity index (χ3v) is 8.07. The monoisotopic (exact) mass is 508 g/mol. The van der Waals surface area contributed by atoms with Crippen molar-refractivity contribution in [3.8, 4) is 0 Å². The molecule has 0 heterocycles. The van der Waals surface area contributed by atoms with Gasteiger partial charge in [0.2, 0.25) is 19.7 Å². The molecule has 0 spiro atoms. The minimum Gasteiger partial charge on any atom is -0.219 e. The molecule has 176 valence electrons. The van der Waals surface area contributed by atoms with E-state index < -0.39 is 42.9 Å². The summed E-state index contributed by atoms with van der Waals surface area (Å²) in [6.07, 6.45) is 0. The summed E-state index contributed by atoms with van der Waals surface area (Å²) in [6.45, 7) is 0. The molecule has 10 heteroatoms.